The summed E-state index contributed by atoms with van der Waals surface area (Å²) in [6, 6.07) is 13.2. The number of aromatic nitrogens is 1. The van der Waals surface area contributed by atoms with Gasteiger partial charge in [-0.25, -0.2) is 0 Å². The van der Waals surface area contributed by atoms with Gasteiger partial charge in [-0.2, -0.15) is 4.99 Å². The van der Waals surface area contributed by atoms with Gasteiger partial charge in [0.25, 0.3) is 0 Å². The van der Waals surface area contributed by atoms with Crippen LogP contribution in [0.25, 0.3) is 21.2 Å². The average Bonchev–Trinajstić information content (AvgIpc) is 3.27. The predicted octanol–water partition coefficient (Wildman–Crippen LogP) is 4.61. The average molecular weight is 461 g/mol. The first-order chi connectivity index (χ1) is 13.6. The number of nitrogens with zero attached hydrogens (tertiary/aromatic N) is 2. The van der Waals surface area contributed by atoms with Crippen molar-refractivity contribution < 1.29 is 18.7 Å². The smallest absolute Gasteiger partial charge is 0.315 e. The normalized spacial score (nSPS) is 12.2. The number of carbonyl (C=O) groups excluding carboxylic acids is 1. The van der Waals surface area contributed by atoms with Crippen LogP contribution in [0.1, 0.15) is 10.6 Å². The molecule has 4 aromatic rings. The molecule has 0 aliphatic carbocycles. The molecule has 0 bridgehead atoms. The summed E-state index contributed by atoms with van der Waals surface area (Å²) < 4.78 is 20.2. The standard InChI is InChI=1S/C20H17BrN2O4S/c1-25-9-8-23-14-7-6-13(21)11-17(14)28-20(23)22-19(24)16-10-12-4-3-5-15(26-2)18(12)27-16/h3-7,10-11H,8-9H2,1-2H3. The van der Waals surface area contributed by atoms with E-state index in [4.69, 9.17) is 13.9 Å². The molecule has 0 aliphatic rings. The number of ether oxygens (including phenoxy) is 2. The van der Waals surface area contributed by atoms with Gasteiger partial charge < -0.3 is 18.5 Å². The molecule has 0 fully saturated rings. The van der Waals surface area contributed by atoms with Gasteiger partial charge in [0, 0.05) is 23.5 Å². The zero-order valence-corrected chi connectivity index (χ0v) is 17.7. The van der Waals surface area contributed by atoms with Crippen molar-refractivity contribution in [2.45, 2.75) is 6.54 Å². The third-order valence-electron chi connectivity index (χ3n) is 4.30. The van der Waals surface area contributed by atoms with Crippen molar-refractivity contribution in [3.05, 3.63) is 57.5 Å². The second kappa shape index (κ2) is 7.90. The lowest BCUT2D eigenvalue weighted by atomic mass is 10.2. The molecule has 0 unspecified atom stereocenters. The van der Waals surface area contributed by atoms with Crippen molar-refractivity contribution in [3.8, 4) is 5.75 Å². The molecular weight excluding hydrogens is 444 g/mol. The van der Waals surface area contributed by atoms with Crippen LogP contribution in [0.3, 0.4) is 0 Å². The summed E-state index contributed by atoms with van der Waals surface area (Å²) in [5.74, 6) is 0.324. The Morgan fingerprint density at radius 2 is 2.11 bits per heavy atom. The highest BCUT2D eigenvalue weighted by Crippen LogP contribution is 2.29. The summed E-state index contributed by atoms with van der Waals surface area (Å²) >= 11 is 4.94. The quantitative estimate of drug-likeness (QED) is 0.436. The summed E-state index contributed by atoms with van der Waals surface area (Å²) in [5.41, 5.74) is 1.54. The molecule has 8 heteroatoms. The molecule has 144 valence electrons. The van der Waals surface area contributed by atoms with Gasteiger partial charge in [0.1, 0.15) is 0 Å². The summed E-state index contributed by atoms with van der Waals surface area (Å²) in [6.07, 6.45) is 0. The number of furan rings is 1. The minimum Gasteiger partial charge on any atom is -0.493 e. The maximum Gasteiger partial charge on any atom is 0.315 e. The first-order valence-corrected chi connectivity index (χ1v) is 10.1. The van der Waals surface area contributed by atoms with Gasteiger partial charge in [-0.05, 0) is 30.3 Å². The maximum atomic E-state index is 12.8. The number of carbonyl (C=O) groups is 1. The Morgan fingerprint density at radius 1 is 1.25 bits per heavy atom. The Hall–Kier alpha value is -2.42. The van der Waals surface area contributed by atoms with Gasteiger partial charge in [0.15, 0.2) is 21.9 Å². The molecule has 0 atom stereocenters. The minimum absolute atomic E-state index is 0.177. The fraction of sp³-hybridized carbons (Fsp3) is 0.200. The molecule has 0 saturated carbocycles. The molecule has 2 aromatic carbocycles. The number of hydrogen-bond acceptors (Lipinski definition) is 5. The molecule has 0 saturated heterocycles. The highest BCUT2D eigenvalue weighted by Gasteiger charge is 2.15. The maximum absolute atomic E-state index is 12.8. The van der Waals surface area contributed by atoms with Crippen molar-refractivity contribution in [3.63, 3.8) is 0 Å². The number of fused-ring (bicyclic) bond motifs is 2. The number of methoxy groups -OCH3 is 2. The fourth-order valence-electron chi connectivity index (χ4n) is 2.98. The lowest BCUT2D eigenvalue weighted by Gasteiger charge is -2.04. The number of thiazole rings is 1. The number of halogens is 1. The number of amides is 1. The molecule has 2 aromatic heterocycles. The second-order valence-electron chi connectivity index (χ2n) is 6.05. The Bertz CT molecular complexity index is 1240. The summed E-state index contributed by atoms with van der Waals surface area (Å²) in [4.78, 5) is 17.7. The third kappa shape index (κ3) is 3.50. The molecule has 6 nitrogen and oxygen atoms in total. The fourth-order valence-corrected chi connectivity index (χ4v) is 4.58. The second-order valence-corrected chi connectivity index (χ2v) is 7.97. The van der Waals surface area contributed by atoms with E-state index < -0.39 is 5.91 Å². The lowest BCUT2D eigenvalue weighted by Crippen LogP contribution is -2.19. The molecule has 0 N–H and O–H groups in total. The van der Waals surface area contributed by atoms with E-state index in [1.54, 1.807) is 26.4 Å². The van der Waals surface area contributed by atoms with Crippen LogP contribution < -0.4 is 9.54 Å². The Morgan fingerprint density at radius 3 is 2.89 bits per heavy atom. The van der Waals surface area contributed by atoms with Crippen molar-refractivity contribution in [1.82, 2.24) is 4.57 Å². The molecule has 28 heavy (non-hydrogen) atoms. The summed E-state index contributed by atoms with van der Waals surface area (Å²) in [7, 11) is 3.21. The van der Waals surface area contributed by atoms with Crippen LogP contribution in [0.4, 0.5) is 0 Å². The monoisotopic (exact) mass is 460 g/mol. The highest BCUT2D eigenvalue weighted by atomic mass is 79.9. The minimum atomic E-state index is -0.435. The van der Waals surface area contributed by atoms with E-state index in [-0.39, 0.29) is 5.76 Å². The molecule has 0 aliphatic heterocycles. The van der Waals surface area contributed by atoms with E-state index in [9.17, 15) is 4.79 Å². The van der Waals surface area contributed by atoms with E-state index in [1.165, 1.54) is 11.3 Å². The third-order valence-corrected chi connectivity index (χ3v) is 5.83. The molecule has 0 spiro atoms. The van der Waals surface area contributed by atoms with Gasteiger partial charge in [0.05, 0.1) is 23.9 Å². The Balaban J connectivity index is 1.81. The summed E-state index contributed by atoms with van der Waals surface area (Å²) in [6.45, 7) is 1.11. The SMILES string of the molecule is COCCn1c(=NC(=O)c2cc3cccc(OC)c3o2)sc2cc(Br)ccc21. The first kappa shape index (κ1) is 18.9. The number of hydrogen-bond donors (Lipinski definition) is 0. The Labute approximate surface area is 173 Å². The largest absolute Gasteiger partial charge is 0.493 e. The first-order valence-electron chi connectivity index (χ1n) is 8.54. The van der Waals surface area contributed by atoms with Gasteiger partial charge in [0.2, 0.25) is 0 Å². The van der Waals surface area contributed by atoms with Crippen LogP contribution in [-0.4, -0.2) is 31.3 Å². The van der Waals surface area contributed by atoms with Crippen LogP contribution in [0, 0.1) is 0 Å². The number of rotatable bonds is 5. The van der Waals surface area contributed by atoms with Crippen LogP contribution in [-0.2, 0) is 11.3 Å². The van der Waals surface area contributed by atoms with E-state index in [2.05, 4.69) is 20.9 Å². The molecule has 2 heterocycles. The lowest BCUT2D eigenvalue weighted by molar-refractivity contribution is 0.0973. The van der Waals surface area contributed by atoms with Crippen LogP contribution >= 0.6 is 27.3 Å². The van der Waals surface area contributed by atoms with E-state index in [0.29, 0.717) is 29.3 Å². The number of benzene rings is 2. The molecule has 0 radical (unpaired) electrons. The predicted molar refractivity (Wildman–Crippen MR) is 112 cm³/mol. The molecule has 4 rings (SSSR count). The number of para-hydroxylation sites is 1. The zero-order chi connectivity index (χ0) is 19.7. The zero-order valence-electron chi connectivity index (χ0n) is 15.3. The van der Waals surface area contributed by atoms with Crippen molar-refractivity contribution in [2.24, 2.45) is 4.99 Å². The van der Waals surface area contributed by atoms with Crippen LogP contribution in [0.15, 0.2) is 56.3 Å². The van der Waals surface area contributed by atoms with Gasteiger partial charge in [-0.3, -0.25) is 4.79 Å². The van der Waals surface area contributed by atoms with Crippen LogP contribution in [0.5, 0.6) is 5.75 Å². The van der Waals surface area contributed by atoms with E-state index in [0.717, 1.165) is 20.1 Å². The molecule has 1 amide bonds. The molecular formula is C20H17BrN2O4S. The van der Waals surface area contributed by atoms with Crippen LogP contribution in [0.2, 0.25) is 0 Å². The van der Waals surface area contributed by atoms with E-state index in [1.807, 2.05) is 34.9 Å². The van der Waals surface area contributed by atoms with Crippen molar-refractivity contribution >= 4 is 54.4 Å². The van der Waals surface area contributed by atoms with Gasteiger partial charge in [-0.15, -0.1) is 0 Å². The van der Waals surface area contributed by atoms with Gasteiger partial charge >= 0.3 is 5.91 Å². The highest BCUT2D eigenvalue weighted by molar-refractivity contribution is 9.10. The Kier molecular flexibility index (Phi) is 5.34. The van der Waals surface area contributed by atoms with E-state index >= 15 is 0 Å². The van der Waals surface area contributed by atoms with Crippen molar-refractivity contribution in [1.29, 1.82) is 0 Å². The van der Waals surface area contributed by atoms with Crippen molar-refractivity contribution in [2.75, 3.05) is 20.8 Å². The topological polar surface area (TPSA) is 66.0 Å². The summed E-state index contributed by atoms with van der Waals surface area (Å²) in [5, 5.41) is 0.797. The van der Waals surface area contributed by atoms with Gasteiger partial charge in [-0.1, -0.05) is 39.4 Å².